The standard InChI is InChI=1S/C19H20N2OS/c1-3-17-20-21-18(22-17)13-23-19(15-10-5-4-6-11-15)16-12-8-7-9-14(16)2/h4-12,19H,3,13H2,1-2H3/t19-/m1/s1. The Morgan fingerprint density at radius 1 is 0.957 bits per heavy atom. The maximum Gasteiger partial charge on any atom is 0.226 e. The Bertz CT molecular complexity index is 755. The largest absolute Gasteiger partial charge is 0.424 e. The summed E-state index contributed by atoms with van der Waals surface area (Å²) in [5.41, 5.74) is 3.93. The van der Waals surface area contributed by atoms with E-state index in [0.29, 0.717) is 17.5 Å². The second-order valence-corrected chi connectivity index (χ2v) is 6.49. The third kappa shape index (κ3) is 3.82. The molecule has 0 spiro atoms. The Morgan fingerprint density at radius 3 is 2.35 bits per heavy atom. The van der Waals surface area contributed by atoms with Gasteiger partial charge in [-0.1, -0.05) is 61.5 Å². The molecule has 1 aromatic heterocycles. The number of nitrogens with zero attached hydrogens (tertiary/aromatic N) is 2. The summed E-state index contributed by atoms with van der Waals surface area (Å²) in [4.78, 5) is 0. The minimum Gasteiger partial charge on any atom is -0.424 e. The molecule has 3 aromatic rings. The van der Waals surface area contributed by atoms with Crippen molar-refractivity contribution < 1.29 is 4.42 Å². The number of hydrogen-bond donors (Lipinski definition) is 0. The number of aryl methyl sites for hydroxylation is 2. The van der Waals surface area contributed by atoms with Crippen molar-refractivity contribution in [3.8, 4) is 0 Å². The van der Waals surface area contributed by atoms with Gasteiger partial charge >= 0.3 is 0 Å². The van der Waals surface area contributed by atoms with Gasteiger partial charge in [-0.3, -0.25) is 0 Å². The van der Waals surface area contributed by atoms with Gasteiger partial charge in [0.1, 0.15) is 0 Å². The van der Waals surface area contributed by atoms with E-state index >= 15 is 0 Å². The molecule has 0 unspecified atom stereocenters. The van der Waals surface area contributed by atoms with E-state index in [0.717, 1.165) is 6.42 Å². The number of rotatable bonds is 6. The van der Waals surface area contributed by atoms with Crippen molar-refractivity contribution in [2.24, 2.45) is 0 Å². The molecule has 0 saturated heterocycles. The van der Waals surface area contributed by atoms with Gasteiger partial charge in [-0.15, -0.1) is 22.0 Å². The lowest BCUT2D eigenvalue weighted by atomic mass is 10.0. The van der Waals surface area contributed by atoms with Crippen LogP contribution in [0.15, 0.2) is 59.0 Å². The van der Waals surface area contributed by atoms with Gasteiger partial charge in [0.15, 0.2) is 0 Å². The van der Waals surface area contributed by atoms with E-state index in [1.54, 1.807) is 0 Å². The van der Waals surface area contributed by atoms with Crippen LogP contribution < -0.4 is 0 Å². The fourth-order valence-electron chi connectivity index (χ4n) is 2.52. The van der Waals surface area contributed by atoms with E-state index in [1.807, 2.05) is 18.7 Å². The maximum atomic E-state index is 5.64. The lowest BCUT2D eigenvalue weighted by Crippen LogP contribution is -2.00. The molecule has 0 aliphatic heterocycles. The van der Waals surface area contributed by atoms with Crippen molar-refractivity contribution >= 4 is 11.8 Å². The topological polar surface area (TPSA) is 38.9 Å². The Labute approximate surface area is 141 Å². The molecule has 0 bridgehead atoms. The van der Waals surface area contributed by atoms with Crippen LogP contribution in [-0.4, -0.2) is 10.2 Å². The molecule has 0 saturated carbocycles. The Hall–Kier alpha value is -2.07. The number of aromatic nitrogens is 2. The highest BCUT2D eigenvalue weighted by atomic mass is 32.2. The second-order valence-electron chi connectivity index (χ2n) is 5.40. The van der Waals surface area contributed by atoms with Crippen molar-refractivity contribution in [1.82, 2.24) is 10.2 Å². The highest BCUT2D eigenvalue weighted by molar-refractivity contribution is 7.98. The number of thioether (sulfide) groups is 1. The van der Waals surface area contributed by atoms with Crippen LogP contribution in [0.1, 0.15) is 40.6 Å². The lowest BCUT2D eigenvalue weighted by Gasteiger charge is -2.19. The first-order valence-electron chi connectivity index (χ1n) is 7.81. The first-order chi connectivity index (χ1) is 11.3. The molecular formula is C19H20N2OS. The molecule has 4 heteroatoms. The molecule has 23 heavy (non-hydrogen) atoms. The van der Waals surface area contributed by atoms with E-state index in [1.165, 1.54) is 16.7 Å². The lowest BCUT2D eigenvalue weighted by molar-refractivity contribution is 0.470. The number of hydrogen-bond acceptors (Lipinski definition) is 4. The zero-order chi connectivity index (χ0) is 16.1. The molecule has 1 heterocycles. The SMILES string of the molecule is CCc1nnc(CS[C@H](c2ccccc2)c2ccccc2C)o1. The maximum absolute atomic E-state index is 5.64. The van der Waals surface area contributed by atoms with Crippen molar-refractivity contribution in [2.45, 2.75) is 31.3 Å². The fraction of sp³-hybridized carbons (Fsp3) is 0.263. The van der Waals surface area contributed by atoms with Crippen LogP contribution in [0.5, 0.6) is 0 Å². The molecule has 3 nitrogen and oxygen atoms in total. The minimum absolute atomic E-state index is 0.259. The summed E-state index contributed by atoms with van der Waals surface area (Å²) in [5.74, 6) is 2.11. The van der Waals surface area contributed by atoms with Gasteiger partial charge in [0.2, 0.25) is 11.8 Å². The third-order valence-corrected chi connectivity index (χ3v) is 5.03. The van der Waals surface area contributed by atoms with Gasteiger partial charge in [0.25, 0.3) is 0 Å². The van der Waals surface area contributed by atoms with E-state index in [9.17, 15) is 0 Å². The molecule has 0 N–H and O–H groups in total. The van der Waals surface area contributed by atoms with Gasteiger partial charge in [0.05, 0.1) is 11.0 Å². The molecule has 0 fully saturated rings. The van der Waals surface area contributed by atoms with Crippen LogP contribution in [0.3, 0.4) is 0 Å². The van der Waals surface area contributed by atoms with Crippen molar-refractivity contribution in [3.63, 3.8) is 0 Å². The van der Waals surface area contributed by atoms with Crippen molar-refractivity contribution in [3.05, 3.63) is 83.1 Å². The Balaban J connectivity index is 1.85. The predicted molar refractivity (Wildman–Crippen MR) is 94.4 cm³/mol. The molecule has 0 amide bonds. The second kappa shape index (κ2) is 7.47. The number of benzene rings is 2. The van der Waals surface area contributed by atoms with Gasteiger partial charge < -0.3 is 4.42 Å². The average Bonchev–Trinajstić information content (AvgIpc) is 3.06. The molecular weight excluding hydrogens is 304 g/mol. The molecule has 1 atom stereocenters. The summed E-state index contributed by atoms with van der Waals surface area (Å²) < 4.78 is 5.64. The van der Waals surface area contributed by atoms with E-state index in [2.05, 4.69) is 71.7 Å². The van der Waals surface area contributed by atoms with Gasteiger partial charge in [-0.25, -0.2) is 0 Å². The summed E-state index contributed by atoms with van der Waals surface area (Å²) >= 11 is 1.82. The van der Waals surface area contributed by atoms with E-state index in [4.69, 9.17) is 4.42 Å². The molecule has 0 aliphatic rings. The molecule has 0 radical (unpaired) electrons. The highest BCUT2D eigenvalue weighted by Gasteiger charge is 2.18. The van der Waals surface area contributed by atoms with Crippen LogP contribution in [0.2, 0.25) is 0 Å². The van der Waals surface area contributed by atoms with Crippen LogP contribution in [0, 0.1) is 6.92 Å². The predicted octanol–water partition coefficient (Wildman–Crippen LogP) is 4.96. The minimum atomic E-state index is 0.259. The quantitative estimate of drug-likeness (QED) is 0.642. The first kappa shape index (κ1) is 15.8. The molecule has 118 valence electrons. The van der Waals surface area contributed by atoms with Crippen LogP contribution in [-0.2, 0) is 12.2 Å². The Morgan fingerprint density at radius 2 is 1.65 bits per heavy atom. The monoisotopic (exact) mass is 324 g/mol. The van der Waals surface area contributed by atoms with Crippen LogP contribution in [0.25, 0.3) is 0 Å². The van der Waals surface area contributed by atoms with Gasteiger partial charge in [0, 0.05) is 6.42 Å². The van der Waals surface area contributed by atoms with Crippen molar-refractivity contribution in [1.29, 1.82) is 0 Å². The van der Waals surface area contributed by atoms with Crippen LogP contribution >= 0.6 is 11.8 Å². The normalized spacial score (nSPS) is 12.3. The van der Waals surface area contributed by atoms with E-state index < -0.39 is 0 Å². The summed E-state index contributed by atoms with van der Waals surface area (Å²) in [7, 11) is 0. The van der Waals surface area contributed by atoms with Crippen molar-refractivity contribution in [2.75, 3.05) is 0 Å². The first-order valence-corrected chi connectivity index (χ1v) is 8.86. The summed E-state index contributed by atoms with van der Waals surface area (Å²) in [6.07, 6.45) is 0.775. The average molecular weight is 324 g/mol. The molecule has 2 aromatic carbocycles. The smallest absolute Gasteiger partial charge is 0.226 e. The summed E-state index contributed by atoms with van der Waals surface area (Å²) in [5, 5.41) is 8.44. The summed E-state index contributed by atoms with van der Waals surface area (Å²) in [6.45, 7) is 4.18. The fourth-order valence-corrected chi connectivity index (χ4v) is 3.74. The zero-order valence-corrected chi connectivity index (χ0v) is 14.2. The zero-order valence-electron chi connectivity index (χ0n) is 13.4. The molecule has 3 rings (SSSR count). The third-order valence-electron chi connectivity index (χ3n) is 3.76. The Kier molecular flexibility index (Phi) is 5.13. The van der Waals surface area contributed by atoms with Gasteiger partial charge in [-0.2, -0.15) is 0 Å². The highest BCUT2D eigenvalue weighted by Crippen LogP contribution is 2.38. The van der Waals surface area contributed by atoms with E-state index in [-0.39, 0.29) is 5.25 Å². The van der Waals surface area contributed by atoms with Crippen LogP contribution in [0.4, 0.5) is 0 Å². The summed E-state index contributed by atoms with van der Waals surface area (Å²) in [6, 6.07) is 19.1. The molecule has 0 aliphatic carbocycles. The van der Waals surface area contributed by atoms with Gasteiger partial charge in [-0.05, 0) is 23.6 Å².